The summed E-state index contributed by atoms with van der Waals surface area (Å²) in [7, 11) is 0. The van der Waals surface area contributed by atoms with Gasteiger partial charge in [-0.25, -0.2) is 0 Å². The van der Waals surface area contributed by atoms with Crippen molar-refractivity contribution in [1.29, 1.82) is 0 Å². The largest absolute Gasteiger partial charge is 0.373 e. The first kappa shape index (κ1) is 15.9. The van der Waals surface area contributed by atoms with Crippen molar-refractivity contribution in [1.82, 2.24) is 4.90 Å². The number of halogens is 1. The van der Waals surface area contributed by atoms with Gasteiger partial charge in [0.2, 0.25) is 0 Å². The van der Waals surface area contributed by atoms with Crippen molar-refractivity contribution in [3.8, 4) is 0 Å². The number of aryl methyl sites for hydroxylation is 1. The Bertz CT molecular complexity index is 564. The number of nitrogens with zero attached hydrogens (tertiary/aromatic N) is 2. The highest BCUT2D eigenvalue weighted by atomic mass is 79.9. The fourth-order valence-electron chi connectivity index (χ4n) is 2.35. The molecule has 2 rings (SSSR count). The molecule has 1 heterocycles. The maximum absolute atomic E-state index is 12.6. The lowest BCUT2D eigenvalue weighted by atomic mass is 10.1. The van der Waals surface area contributed by atoms with Crippen molar-refractivity contribution in [3.05, 3.63) is 39.4 Å². The van der Waals surface area contributed by atoms with E-state index in [1.54, 1.807) is 17.9 Å². The van der Waals surface area contributed by atoms with Gasteiger partial charge < -0.3 is 9.64 Å². The number of rotatable bonds is 3. The van der Waals surface area contributed by atoms with Gasteiger partial charge in [-0.1, -0.05) is 15.9 Å². The number of benzene rings is 1. The molecule has 0 aliphatic carbocycles. The van der Waals surface area contributed by atoms with Crippen LogP contribution in [0, 0.1) is 17.0 Å². The van der Waals surface area contributed by atoms with Gasteiger partial charge in [-0.05, 0) is 26.0 Å². The van der Waals surface area contributed by atoms with E-state index in [-0.39, 0.29) is 23.7 Å². The first-order valence-corrected chi connectivity index (χ1v) is 7.79. The van der Waals surface area contributed by atoms with Crippen molar-refractivity contribution in [2.24, 2.45) is 0 Å². The molecule has 1 aromatic carbocycles. The molecule has 1 fully saturated rings. The Balaban J connectivity index is 2.22. The van der Waals surface area contributed by atoms with E-state index in [9.17, 15) is 14.9 Å². The Morgan fingerprint density at radius 1 is 1.57 bits per heavy atom. The Labute approximate surface area is 131 Å². The van der Waals surface area contributed by atoms with Gasteiger partial charge >= 0.3 is 0 Å². The Morgan fingerprint density at radius 2 is 2.29 bits per heavy atom. The first-order valence-electron chi connectivity index (χ1n) is 6.67. The van der Waals surface area contributed by atoms with Gasteiger partial charge in [0.25, 0.3) is 11.6 Å². The molecule has 1 aliphatic heterocycles. The van der Waals surface area contributed by atoms with Crippen LogP contribution in [0.4, 0.5) is 5.69 Å². The van der Waals surface area contributed by atoms with Crippen molar-refractivity contribution in [2.75, 3.05) is 18.5 Å². The average Bonchev–Trinajstić information content (AvgIpc) is 2.46. The quantitative estimate of drug-likeness (QED) is 0.473. The summed E-state index contributed by atoms with van der Waals surface area (Å²) in [6.45, 7) is 4.58. The van der Waals surface area contributed by atoms with Gasteiger partial charge in [0.15, 0.2) is 0 Å². The molecule has 0 radical (unpaired) electrons. The molecule has 0 bridgehead atoms. The number of amides is 1. The molecule has 1 amide bonds. The SMILES string of the molecule is Cc1cc(C(=O)N2CC(CBr)OCC2C)ccc1[N+](=O)[O-]. The topological polar surface area (TPSA) is 72.7 Å². The second-order valence-corrected chi connectivity index (χ2v) is 5.82. The van der Waals surface area contributed by atoms with E-state index in [4.69, 9.17) is 4.74 Å². The Hall–Kier alpha value is -1.47. The maximum Gasteiger partial charge on any atom is 0.272 e. The number of carbonyl (C=O) groups is 1. The van der Waals surface area contributed by atoms with E-state index in [1.807, 2.05) is 6.92 Å². The third-order valence-electron chi connectivity index (χ3n) is 3.58. The summed E-state index contributed by atoms with van der Waals surface area (Å²) in [5.41, 5.74) is 0.990. The standard InChI is InChI=1S/C14H17BrN2O4/c1-9-5-11(3-4-13(9)17(19)20)14(18)16-7-12(6-15)21-8-10(16)2/h3-5,10,12H,6-8H2,1-2H3. The monoisotopic (exact) mass is 356 g/mol. The lowest BCUT2D eigenvalue weighted by molar-refractivity contribution is -0.385. The van der Waals surface area contributed by atoms with E-state index < -0.39 is 4.92 Å². The third kappa shape index (κ3) is 3.41. The second kappa shape index (κ2) is 6.53. The summed E-state index contributed by atoms with van der Waals surface area (Å²) in [5, 5.41) is 11.5. The van der Waals surface area contributed by atoms with Crippen LogP contribution in [0.3, 0.4) is 0 Å². The molecular weight excluding hydrogens is 340 g/mol. The molecule has 1 saturated heterocycles. The number of carbonyl (C=O) groups excluding carboxylic acids is 1. The van der Waals surface area contributed by atoms with E-state index in [0.717, 1.165) is 0 Å². The molecule has 0 N–H and O–H groups in total. The molecule has 0 saturated carbocycles. The van der Waals surface area contributed by atoms with Gasteiger partial charge in [-0.3, -0.25) is 14.9 Å². The fraction of sp³-hybridized carbons (Fsp3) is 0.500. The minimum Gasteiger partial charge on any atom is -0.373 e. The Morgan fingerprint density at radius 3 is 2.86 bits per heavy atom. The summed E-state index contributed by atoms with van der Waals surface area (Å²) < 4.78 is 5.60. The van der Waals surface area contributed by atoms with Crippen molar-refractivity contribution >= 4 is 27.5 Å². The van der Waals surface area contributed by atoms with Crippen LogP contribution in [0.5, 0.6) is 0 Å². The summed E-state index contributed by atoms with van der Waals surface area (Å²) in [6, 6.07) is 4.46. The van der Waals surface area contributed by atoms with Gasteiger partial charge in [-0.2, -0.15) is 0 Å². The number of hydrogen-bond donors (Lipinski definition) is 0. The van der Waals surface area contributed by atoms with E-state index in [0.29, 0.717) is 29.6 Å². The van der Waals surface area contributed by atoms with E-state index in [1.165, 1.54) is 12.1 Å². The molecule has 6 nitrogen and oxygen atoms in total. The second-order valence-electron chi connectivity index (χ2n) is 5.17. The van der Waals surface area contributed by atoms with Crippen LogP contribution < -0.4 is 0 Å². The molecule has 7 heteroatoms. The van der Waals surface area contributed by atoms with Gasteiger partial charge in [0, 0.05) is 29.1 Å². The minimum absolute atomic E-state index is 0.0108. The molecule has 114 valence electrons. The summed E-state index contributed by atoms with van der Waals surface area (Å²) in [4.78, 5) is 24.7. The zero-order valence-corrected chi connectivity index (χ0v) is 13.5. The maximum atomic E-state index is 12.6. The van der Waals surface area contributed by atoms with Crippen molar-refractivity contribution in [3.63, 3.8) is 0 Å². The average molecular weight is 357 g/mol. The van der Waals surface area contributed by atoms with Crippen LogP contribution in [-0.2, 0) is 4.74 Å². The first-order chi connectivity index (χ1) is 9.93. The zero-order valence-electron chi connectivity index (χ0n) is 11.9. The van der Waals surface area contributed by atoms with Crippen LogP contribution >= 0.6 is 15.9 Å². The van der Waals surface area contributed by atoms with Gasteiger partial charge in [0.1, 0.15) is 0 Å². The molecule has 1 aromatic rings. The smallest absolute Gasteiger partial charge is 0.272 e. The number of morpholine rings is 1. The molecule has 0 spiro atoms. The number of nitro benzene ring substituents is 1. The highest BCUT2D eigenvalue weighted by Crippen LogP contribution is 2.22. The van der Waals surface area contributed by atoms with Crippen LogP contribution in [0.1, 0.15) is 22.8 Å². The number of alkyl halides is 1. The lowest BCUT2D eigenvalue weighted by Crippen LogP contribution is -2.51. The van der Waals surface area contributed by atoms with Crippen molar-refractivity contribution < 1.29 is 14.5 Å². The molecule has 0 aromatic heterocycles. The molecule has 21 heavy (non-hydrogen) atoms. The van der Waals surface area contributed by atoms with Crippen LogP contribution in [0.2, 0.25) is 0 Å². The van der Waals surface area contributed by atoms with Crippen LogP contribution in [0.15, 0.2) is 18.2 Å². The number of hydrogen-bond acceptors (Lipinski definition) is 4. The van der Waals surface area contributed by atoms with Crippen molar-refractivity contribution in [2.45, 2.75) is 26.0 Å². The molecule has 2 atom stereocenters. The zero-order chi connectivity index (χ0) is 15.6. The highest BCUT2D eigenvalue weighted by Gasteiger charge is 2.30. The predicted molar refractivity (Wildman–Crippen MR) is 81.9 cm³/mol. The number of ether oxygens (including phenoxy) is 1. The van der Waals surface area contributed by atoms with Gasteiger partial charge in [0.05, 0.1) is 23.7 Å². The minimum atomic E-state index is -0.443. The molecule has 2 unspecified atom stereocenters. The summed E-state index contributed by atoms with van der Waals surface area (Å²) >= 11 is 3.36. The van der Waals surface area contributed by atoms with Crippen LogP contribution in [0.25, 0.3) is 0 Å². The fourth-order valence-corrected chi connectivity index (χ4v) is 2.74. The summed E-state index contributed by atoms with van der Waals surface area (Å²) in [6.07, 6.45) is -0.0238. The Kier molecular flexibility index (Phi) is 4.95. The number of nitro groups is 1. The molecule has 1 aliphatic rings. The highest BCUT2D eigenvalue weighted by molar-refractivity contribution is 9.09. The van der Waals surface area contributed by atoms with Crippen LogP contribution in [-0.4, -0.2) is 46.4 Å². The third-order valence-corrected chi connectivity index (χ3v) is 4.30. The van der Waals surface area contributed by atoms with E-state index >= 15 is 0 Å². The van der Waals surface area contributed by atoms with E-state index in [2.05, 4.69) is 15.9 Å². The lowest BCUT2D eigenvalue weighted by Gasteiger charge is -2.37. The summed E-state index contributed by atoms with van der Waals surface area (Å²) in [5.74, 6) is -0.116. The predicted octanol–water partition coefficient (Wildman–Crippen LogP) is 2.53. The normalized spacial score (nSPS) is 22.1. The van der Waals surface area contributed by atoms with Gasteiger partial charge in [-0.15, -0.1) is 0 Å². The molecular formula is C14H17BrN2O4.